The molecule has 0 unspecified atom stereocenters. The van der Waals surface area contributed by atoms with Gasteiger partial charge in [-0.05, 0) is 47.5 Å². The van der Waals surface area contributed by atoms with Crippen LogP contribution in [0.4, 0.5) is 5.69 Å². The fraction of sp³-hybridized carbons (Fsp3) is 0.207. The molecule has 4 aliphatic heterocycles. The van der Waals surface area contributed by atoms with Crippen molar-refractivity contribution >= 4 is 29.4 Å². The van der Waals surface area contributed by atoms with Crippen molar-refractivity contribution in [3.8, 4) is 17.2 Å². The zero-order valence-corrected chi connectivity index (χ0v) is 19.9. The van der Waals surface area contributed by atoms with E-state index in [0.717, 1.165) is 11.1 Å². The number of amides is 2. The Balaban J connectivity index is 1.37. The van der Waals surface area contributed by atoms with Gasteiger partial charge in [0.15, 0.2) is 17.3 Å². The van der Waals surface area contributed by atoms with Crippen molar-refractivity contribution < 1.29 is 28.6 Å². The van der Waals surface area contributed by atoms with E-state index in [0.29, 0.717) is 28.5 Å². The van der Waals surface area contributed by atoms with E-state index >= 15 is 0 Å². The number of imide groups is 1. The van der Waals surface area contributed by atoms with E-state index in [2.05, 4.69) is 0 Å². The highest BCUT2D eigenvalue weighted by atomic mass is 16.7. The minimum atomic E-state index is -0.865. The summed E-state index contributed by atoms with van der Waals surface area (Å²) >= 11 is 0. The second-order valence-corrected chi connectivity index (χ2v) is 9.45. The van der Waals surface area contributed by atoms with E-state index < -0.39 is 29.8 Å². The lowest BCUT2D eigenvalue weighted by atomic mass is 9.83. The minimum absolute atomic E-state index is 0.0929. The van der Waals surface area contributed by atoms with Gasteiger partial charge in [0.2, 0.25) is 18.6 Å². The summed E-state index contributed by atoms with van der Waals surface area (Å²) in [4.78, 5) is 45.3. The summed E-state index contributed by atoms with van der Waals surface area (Å²) in [7, 11) is 1.50. The van der Waals surface area contributed by atoms with Gasteiger partial charge in [0.25, 0.3) is 0 Å². The second-order valence-electron chi connectivity index (χ2n) is 9.45. The monoisotopic (exact) mass is 494 g/mol. The van der Waals surface area contributed by atoms with E-state index in [4.69, 9.17) is 14.2 Å². The van der Waals surface area contributed by atoms with Gasteiger partial charge < -0.3 is 19.1 Å². The Morgan fingerprint density at radius 1 is 0.919 bits per heavy atom. The van der Waals surface area contributed by atoms with Crippen LogP contribution in [0.5, 0.6) is 17.2 Å². The number of rotatable bonds is 4. The lowest BCUT2D eigenvalue weighted by molar-refractivity contribution is -0.123. The molecule has 0 aromatic heterocycles. The first-order chi connectivity index (χ1) is 18.1. The predicted octanol–water partition coefficient (Wildman–Crippen LogP) is 3.82. The first-order valence-corrected chi connectivity index (χ1v) is 12.1. The van der Waals surface area contributed by atoms with Crippen molar-refractivity contribution in [2.45, 2.75) is 12.1 Å². The normalized spacial score (nSPS) is 24.7. The summed E-state index contributed by atoms with van der Waals surface area (Å²) in [5.74, 6) is -1.10. The first-order valence-electron chi connectivity index (χ1n) is 12.1. The topological polar surface area (TPSA) is 85.4 Å². The summed E-state index contributed by atoms with van der Waals surface area (Å²) in [6, 6.07) is 18.4. The van der Waals surface area contributed by atoms with Crippen LogP contribution in [0.2, 0.25) is 0 Å². The molecule has 8 heteroatoms. The number of Topliss-reactive ketones (excluding diaryl/α,β-unsaturated/α-hetero) is 1. The van der Waals surface area contributed by atoms with Gasteiger partial charge in [-0.1, -0.05) is 36.4 Å². The predicted molar refractivity (Wildman–Crippen MR) is 133 cm³/mol. The fourth-order valence-corrected chi connectivity index (χ4v) is 6.13. The molecule has 0 N–H and O–H groups in total. The molecule has 7 rings (SSSR count). The van der Waals surface area contributed by atoms with Crippen molar-refractivity contribution in [1.82, 2.24) is 4.90 Å². The molecule has 37 heavy (non-hydrogen) atoms. The van der Waals surface area contributed by atoms with Gasteiger partial charge in [-0.3, -0.25) is 14.4 Å². The average Bonchev–Trinajstić information content (AvgIpc) is 3.61. The van der Waals surface area contributed by atoms with Crippen molar-refractivity contribution in [3.63, 3.8) is 0 Å². The van der Waals surface area contributed by atoms with Crippen LogP contribution in [0.15, 0.2) is 72.9 Å². The lowest BCUT2D eigenvalue weighted by Crippen LogP contribution is -2.44. The van der Waals surface area contributed by atoms with E-state index in [1.807, 2.05) is 41.4 Å². The van der Waals surface area contributed by atoms with Crippen LogP contribution < -0.4 is 19.1 Å². The molecule has 8 nitrogen and oxygen atoms in total. The third-order valence-electron chi connectivity index (χ3n) is 7.71. The Hall–Kier alpha value is -4.59. The standard InChI is InChI=1S/C29H22N2O6/c1-35-20-9-5-4-8-19(20)31-28(33)23-24(29(31)34)26(27(32)17-10-11-21-22(14-17)37-15-36-21)30-13-12-16-6-2-3-7-18(16)25(23)30/h2-14,23-26H,15H2,1H3/t23-,24-,25+,26+/m1/s1. The number of para-hydroxylation sites is 2. The number of benzene rings is 3. The number of carbonyl (C=O) groups is 3. The van der Waals surface area contributed by atoms with Gasteiger partial charge in [-0.2, -0.15) is 0 Å². The van der Waals surface area contributed by atoms with Crippen molar-refractivity contribution in [2.75, 3.05) is 18.8 Å². The SMILES string of the molecule is COc1ccccc1N1C(=O)[C@@H]2[C@@H](C1=O)[C@@H]1c3ccccc3C=CN1[C@@H]2C(=O)c1ccc2c(c1)OCO2. The molecular formula is C29H22N2O6. The second kappa shape index (κ2) is 7.96. The van der Waals surface area contributed by atoms with Crippen LogP contribution in [0, 0.1) is 11.8 Å². The molecule has 184 valence electrons. The molecule has 4 atom stereocenters. The molecule has 0 radical (unpaired) electrons. The molecular weight excluding hydrogens is 472 g/mol. The van der Waals surface area contributed by atoms with Gasteiger partial charge in [-0.15, -0.1) is 0 Å². The summed E-state index contributed by atoms with van der Waals surface area (Å²) in [5.41, 5.74) is 2.67. The molecule has 0 aliphatic carbocycles. The number of hydrogen-bond donors (Lipinski definition) is 0. The van der Waals surface area contributed by atoms with Crippen LogP contribution in [-0.2, 0) is 9.59 Å². The number of fused-ring (bicyclic) bond motifs is 6. The van der Waals surface area contributed by atoms with E-state index in [9.17, 15) is 14.4 Å². The van der Waals surface area contributed by atoms with E-state index in [-0.39, 0.29) is 18.5 Å². The number of nitrogens with zero attached hydrogens (tertiary/aromatic N) is 2. The van der Waals surface area contributed by atoms with E-state index in [1.165, 1.54) is 12.0 Å². The summed E-state index contributed by atoms with van der Waals surface area (Å²) in [6.45, 7) is 0.0929. The molecule has 0 spiro atoms. The number of anilines is 1. The van der Waals surface area contributed by atoms with Crippen LogP contribution in [0.25, 0.3) is 6.08 Å². The third kappa shape index (κ3) is 2.98. The van der Waals surface area contributed by atoms with Gasteiger partial charge in [0.05, 0.1) is 30.7 Å². The smallest absolute Gasteiger partial charge is 0.240 e. The molecule has 0 saturated carbocycles. The van der Waals surface area contributed by atoms with Crippen molar-refractivity contribution in [1.29, 1.82) is 0 Å². The highest BCUT2D eigenvalue weighted by Crippen LogP contribution is 2.54. The van der Waals surface area contributed by atoms with Crippen LogP contribution in [-0.4, -0.2) is 42.4 Å². The maximum Gasteiger partial charge on any atom is 0.240 e. The molecule has 2 amide bonds. The Morgan fingerprint density at radius 3 is 2.54 bits per heavy atom. The highest BCUT2D eigenvalue weighted by molar-refractivity contribution is 6.25. The third-order valence-corrected chi connectivity index (χ3v) is 7.71. The lowest BCUT2D eigenvalue weighted by Gasteiger charge is -2.35. The van der Waals surface area contributed by atoms with Gasteiger partial charge in [-0.25, -0.2) is 4.90 Å². The Kier molecular flexibility index (Phi) is 4.66. The quantitative estimate of drug-likeness (QED) is 0.403. The number of methoxy groups -OCH3 is 1. The van der Waals surface area contributed by atoms with Crippen molar-refractivity contribution in [3.05, 3.63) is 89.6 Å². The average molecular weight is 495 g/mol. The highest BCUT2D eigenvalue weighted by Gasteiger charge is 2.64. The van der Waals surface area contributed by atoms with Crippen molar-refractivity contribution in [2.24, 2.45) is 11.8 Å². The van der Waals surface area contributed by atoms with Crippen LogP contribution >= 0.6 is 0 Å². The Labute approximate surface area is 212 Å². The molecule has 3 aromatic rings. The fourth-order valence-electron chi connectivity index (χ4n) is 6.13. The summed E-state index contributed by atoms with van der Waals surface area (Å²) < 4.78 is 16.3. The number of hydrogen-bond acceptors (Lipinski definition) is 7. The molecule has 3 aromatic carbocycles. The largest absolute Gasteiger partial charge is 0.495 e. The minimum Gasteiger partial charge on any atom is -0.495 e. The van der Waals surface area contributed by atoms with Crippen LogP contribution in [0.1, 0.15) is 27.5 Å². The first kappa shape index (κ1) is 21.7. The molecule has 2 saturated heterocycles. The zero-order valence-electron chi connectivity index (χ0n) is 19.9. The van der Waals surface area contributed by atoms with Gasteiger partial charge in [0.1, 0.15) is 11.8 Å². The summed E-state index contributed by atoms with van der Waals surface area (Å²) in [5, 5.41) is 0. The number of carbonyl (C=O) groups excluding carboxylic acids is 3. The van der Waals surface area contributed by atoms with Crippen LogP contribution in [0.3, 0.4) is 0 Å². The Bertz CT molecular complexity index is 1510. The Morgan fingerprint density at radius 2 is 1.68 bits per heavy atom. The number of ether oxygens (including phenoxy) is 3. The maximum absolute atomic E-state index is 14.1. The maximum atomic E-state index is 14.1. The molecule has 4 aliphatic rings. The number of ketones is 1. The zero-order chi connectivity index (χ0) is 25.3. The van der Waals surface area contributed by atoms with Gasteiger partial charge in [0, 0.05) is 11.8 Å². The summed E-state index contributed by atoms with van der Waals surface area (Å²) in [6.07, 6.45) is 3.77. The van der Waals surface area contributed by atoms with Gasteiger partial charge >= 0.3 is 0 Å². The molecule has 0 bridgehead atoms. The van der Waals surface area contributed by atoms with E-state index in [1.54, 1.807) is 42.5 Å². The molecule has 2 fully saturated rings. The molecule has 4 heterocycles.